The van der Waals surface area contributed by atoms with Crippen molar-refractivity contribution in [3.05, 3.63) is 65.7 Å². The number of anilines is 1. The van der Waals surface area contributed by atoms with Crippen molar-refractivity contribution in [2.45, 2.75) is 26.5 Å². The summed E-state index contributed by atoms with van der Waals surface area (Å²) < 4.78 is 0. The molecule has 22 heavy (non-hydrogen) atoms. The molecule has 2 rings (SSSR count). The summed E-state index contributed by atoms with van der Waals surface area (Å²) >= 11 is 0. The zero-order chi connectivity index (χ0) is 15.9. The second-order valence-corrected chi connectivity index (χ2v) is 5.46. The number of urea groups is 1. The fourth-order valence-corrected chi connectivity index (χ4v) is 2.25. The van der Waals surface area contributed by atoms with Crippen LogP contribution in [0.15, 0.2) is 54.6 Å². The van der Waals surface area contributed by atoms with Crippen LogP contribution in [-0.4, -0.2) is 28.7 Å². The number of carbonyl (C=O) groups is 1. The first kappa shape index (κ1) is 16.0. The van der Waals surface area contributed by atoms with Gasteiger partial charge in [-0.1, -0.05) is 48.5 Å². The molecule has 4 nitrogen and oxygen atoms in total. The van der Waals surface area contributed by atoms with E-state index in [4.69, 9.17) is 0 Å². The van der Waals surface area contributed by atoms with Gasteiger partial charge in [0.1, 0.15) is 0 Å². The zero-order valence-corrected chi connectivity index (χ0v) is 13.0. The van der Waals surface area contributed by atoms with E-state index in [1.165, 1.54) is 0 Å². The first-order chi connectivity index (χ1) is 10.6. The average molecular weight is 298 g/mol. The molecule has 0 bridgehead atoms. The van der Waals surface area contributed by atoms with Gasteiger partial charge in [0.05, 0.1) is 6.10 Å². The molecular formula is C18H22N2O2. The molecular weight excluding hydrogens is 276 g/mol. The van der Waals surface area contributed by atoms with Crippen LogP contribution in [0.25, 0.3) is 0 Å². The van der Waals surface area contributed by atoms with Crippen molar-refractivity contribution in [1.29, 1.82) is 0 Å². The number of nitrogens with one attached hydrogen (secondary N) is 1. The number of aliphatic hydroxyl groups excluding tert-OH is 1. The maximum Gasteiger partial charge on any atom is 0.322 e. The molecule has 1 atom stereocenters. The molecule has 0 saturated carbocycles. The van der Waals surface area contributed by atoms with Gasteiger partial charge in [-0.3, -0.25) is 0 Å². The SMILES string of the molecule is Cc1ccccc1NC(=O)N(Cc1ccccc1)C[C@H](C)O. The fourth-order valence-electron chi connectivity index (χ4n) is 2.25. The van der Waals surface area contributed by atoms with Gasteiger partial charge < -0.3 is 15.3 Å². The maximum atomic E-state index is 12.5. The summed E-state index contributed by atoms with van der Waals surface area (Å²) in [5.41, 5.74) is 2.83. The van der Waals surface area contributed by atoms with Crippen LogP contribution in [0.5, 0.6) is 0 Å². The van der Waals surface area contributed by atoms with E-state index in [2.05, 4.69) is 5.32 Å². The minimum atomic E-state index is -0.577. The van der Waals surface area contributed by atoms with E-state index in [9.17, 15) is 9.90 Å². The number of hydrogen-bond acceptors (Lipinski definition) is 2. The van der Waals surface area contributed by atoms with Crippen molar-refractivity contribution in [2.24, 2.45) is 0 Å². The third-order valence-corrected chi connectivity index (χ3v) is 3.37. The average Bonchev–Trinajstić information content (AvgIpc) is 2.49. The standard InChI is InChI=1S/C18H22N2O2/c1-14-8-6-7-11-17(14)19-18(22)20(12-15(2)21)13-16-9-4-3-5-10-16/h3-11,15,21H,12-13H2,1-2H3,(H,19,22)/t15-/m0/s1. The van der Waals surface area contributed by atoms with Crippen LogP contribution in [0.3, 0.4) is 0 Å². The van der Waals surface area contributed by atoms with Crippen LogP contribution >= 0.6 is 0 Å². The van der Waals surface area contributed by atoms with E-state index >= 15 is 0 Å². The monoisotopic (exact) mass is 298 g/mol. The summed E-state index contributed by atoms with van der Waals surface area (Å²) in [5, 5.41) is 12.6. The van der Waals surface area contributed by atoms with Crippen molar-refractivity contribution in [2.75, 3.05) is 11.9 Å². The van der Waals surface area contributed by atoms with Gasteiger partial charge in [0.2, 0.25) is 0 Å². The molecule has 2 N–H and O–H groups in total. The Balaban J connectivity index is 2.11. The van der Waals surface area contributed by atoms with Gasteiger partial charge >= 0.3 is 6.03 Å². The highest BCUT2D eigenvalue weighted by Gasteiger charge is 2.16. The van der Waals surface area contributed by atoms with Crippen LogP contribution in [0.4, 0.5) is 10.5 Å². The van der Waals surface area contributed by atoms with Gasteiger partial charge in [-0.2, -0.15) is 0 Å². The zero-order valence-electron chi connectivity index (χ0n) is 13.0. The van der Waals surface area contributed by atoms with E-state index in [1.807, 2.05) is 61.5 Å². The van der Waals surface area contributed by atoms with Crippen molar-refractivity contribution in [3.8, 4) is 0 Å². The highest BCUT2D eigenvalue weighted by atomic mass is 16.3. The molecule has 0 unspecified atom stereocenters. The lowest BCUT2D eigenvalue weighted by Gasteiger charge is -2.25. The lowest BCUT2D eigenvalue weighted by atomic mass is 10.2. The lowest BCUT2D eigenvalue weighted by molar-refractivity contribution is 0.135. The number of amides is 2. The maximum absolute atomic E-state index is 12.5. The number of hydrogen-bond donors (Lipinski definition) is 2. The molecule has 0 aliphatic rings. The minimum absolute atomic E-state index is 0.209. The van der Waals surface area contributed by atoms with Crippen LogP contribution in [-0.2, 0) is 6.54 Å². The number of aryl methyl sites for hydroxylation is 1. The molecule has 0 saturated heterocycles. The molecule has 0 radical (unpaired) electrons. The van der Waals surface area contributed by atoms with Crippen molar-refractivity contribution < 1.29 is 9.90 Å². The molecule has 0 spiro atoms. The Kier molecular flexibility index (Phi) is 5.55. The molecule has 4 heteroatoms. The number of carbonyl (C=O) groups excluding carboxylic acids is 1. The van der Waals surface area contributed by atoms with E-state index in [-0.39, 0.29) is 12.6 Å². The second kappa shape index (κ2) is 7.61. The van der Waals surface area contributed by atoms with Crippen molar-refractivity contribution in [3.63, 3.8) is 0 Å². The summed E-state index contributed by atoms with van der Waals surface area (Å²) in [6.45, 7) is 4.38. The highest BCUT2D eigenvalue weighted by molar-refractivity contribution is 5.90. The number of rotatable bonds is 5. The van der Waals surface area contributed by atoms with Gasteiger partial charge in [-0.05, 0) is 31.0 Å². The predicted octanol–water partition coefficient (Wildman–Crippen LogP) is 3.41. The van der Waals surface area contributed by atoms with Crippen molar-refractivity contribution >= 4 is 11.7 Å². The number of nitrogens with zero attached hydrogens (tertiary/aromatic N) is 1. The Morgan fingerprint density at radius 2 is 1.77 bits per heavy atom. The normalized spacial score (nSPS) is 11.8. The molecule has 2 amide bonds. The smallest absolute Gasteiger partial charge is 0.322 e. The fraction of sp³-hybridized carbons (Fsp3) is 0.278. The number of benzene rings is 2. The Bertz CT molecular complexity index is 611. The summed E-state index contributed by atoms with van der Waals surface area (Å²) in [6, 6.07) is 17.2. The number of para-hydroxylation sites is 1. The quantitative estimate of drug-likeness (QED) is 0.888. The molecule has 116 valence electrons. The largest absolute Gasteiger partial charge is 0.392 e. The van der Waals surface area contributed by atoms with E-state index in [0.717, 1.165) is 16.8 Å². The Labute approximate surface area is 131 Å². The van der Waals surface area contributed by atoms with E-state index in [1.54, 1.807) is 11.8 Å². The summed E-state index contributed by atoms with van der Waals surface area (Å²) in [5.74, 6) is 0. The molecule has 0 aliphatic carbocycles. The molecule has 0 fully saturated rings. The van der Waals surface area contributed by atoms with Gasteiger partial charge in [-0.25, -0.2) is 4.79 Å². The molecule has 0 aromatic heterocycles. The van der Waals surface area contributed by atoms with E-state index < -0.39 is 6.10 Å². The Hall–Kier alpha value is -2.33. The van der Waals surface area contributed by atoms with Crippen molar-refractivity contribution in [1.82, 2.24) is 4.90 Å². The van der Waals surface area contributed by atoms with E-state index in [0.29, 0.717) is 6.54 Å². The van der Waals surface area contributed by atoms with Gasteiger partial charge in [-0.15, -0.1) is 0 Å². The van der Waals surface area contributed by atoms with Crippen LogP contribution in [0.2, 0.25) is 0 Å². The van der Waals surface area contributed by atoms with Crippen LogP contribution in [0, 0.1) is 6.92 Å². The van der Waals surface area contributed by atoms with Crippen LogP contribution < -0.4 is 5.32 Å². The first-order valence-corrected chi connectivity index (χ1v) is 7.40. The highest BCUT2D eigenvalue weighted by Crippen LogP contribution is 2.15. The summed E-state index contributed by atoms with van der Waals surface area (Å²) in [6.07, 6.45) is -0.577. The molecule has 2 aromatic rings. The predicted molar refractivity (Wildman–Crippen MR) is 88.7 cm³/mol. The minimum Gasteiger partial charge on any atom is -0.392 e. The topological polar surface area (TPSA) is 52.6 Å². The van der Waals surface area contributed by atoms with Gasteiger partial charge in [0.25, 0.3) is 0 Å². The second-order valence-electron chi connectivity index (χ2n) is 5.46. The lowest BCUT2D eigenvalue weighted by Crippen LogP contribution is -2.39. The van der Waals surface area contributed by atoms with Gasteiger partial charge in [0, 0.05) is 18.8 Å². The third kappa shape index (κ3) is 4.60. The molecule has 2 aromatic carbocycles. The Morgan fingerprint density at radius 1 is 1.14 bits per heavy atom. The first-order valence-electron chi connectivity index (χ1n) is 7.40. The van der Waals surface area contributed by atoms with Crippen LogP contribution in [0.1, 0.15) is 18.1 Å². The van der Waals surface area contributed by atoms with Gasteiger partial charge in [0.15, 0.2) is 0 Å². The summed E-state index contributed by atoms with van der Waals surface area (Å²) in [4.78, 5) is 14.1. The Morgan fingerprint density at radius 3 is 2.41 bits per heavy atom. The number of aliphatic hydroxyl groups is 1. The molecule has 0 heterocycles. The summed E-state index contributed by atoms with van der Waals surface area (Å²) in [7, 11) is 0. The third-order valence-electron chi connectivity index (χ3n) is 3.37. The molecule has 0 aliphatic heterocycles.